The molecular formula is C14H17NO5S. The number of carbonyl (C=O) groups excluding carboxylic acids is 1. The van der Waals surface area contributed by atoms with E-state index in [0.29, 0.717) is 0 Å². The van der Waals surface area contributed by atoms with Crippen LogP contribution < -0.4 is 5.48 Å². The summed E-state index contributed by atoms with van der Waals surface area (Å²) in [5.74, 6) is 0. The van der Waals surface area contributed by atoms with E-state index < -0.39 is 16.2 Å². The zero-order valence-corrected chi connectivity index (χ0v) is 12.9. The highest BCUT2D eigenvalue weighted by Gasteiger charge is 2.17. The second-order valence-corrected chi connectivity index (χ2v) is 5.95. The fourth-order valence-electron chi connectivity index (χ4n) is 1.23. The first-order valence-corrected chi connectivity index (χ1v) is 7.53. The Hall–Kier alpha value is -2.08. The second kappa shape index (κ2) is 7.64. The predicted octanol–water partition coefficient (Wildman–Crippen LogP) is 2.46. The van der Waals surface area contributed by atoms with E-state index in [2.05, 4.69) is 14.8 Å². The molecule has 1 aromatic carbocycles. The zero-order valence-electron chi connectivity index (χ0n) is 12.0. The second-order valence-electron chi connectivity index (χ2n) is 4.40. The first kappa shape index (κ1) is 17.0. The third-order valence-electron chi connectivity index (χ3n) is 2.23. The Morgan fingerprint density at radius 3 is 2.48 bits per heavy atom. The number of ether oxygens (including phenoxy) is 1. The molecule has 0 saturated carbocycles. The van der Waals surface area contributed by atoms with E-state index in [-0.39, 0.29) is 11.5 Å². The quantitative estimate of drug-likeness (QED) is 0.667. The van der Waals surface area contributed by atoms with Gasteiger partial charge in [-0.05, 0) is 44.6 Å². The first-order valence-electron chi connectivity index (χ1n) is 6.12. The number of hydrogen-bond donors (Lipinski definition) is 1. The van der Waals surface area contributed by atoms with Gasteiger partial charge >= 0.3 is 16.2 Å². The van der Waals surface area contributed by atoms with Crippen LogP contribution in [0.1, 0.15) is 19.4 Å². The van der Waals surface area contributed by atoms with Crippen molar-refractivity contribution in [3.8, 4) is 0 Å². The van der Waals surface area contributed by atoms with Crippen molar-refractivity contribution in [1.29, 1.82) is 0 Å². The molecule has 1 N–H and O–H groups in total. The highest BCUT2D eigenvalue weighted by atomic mass is 32.2. The van der Waals surface area contributed by atoms with Gasteiger partial charge in [-0.15, -0.1) is 10.0 Å². The molecule has 0 aliphatic rings. The molecule has 114 valence electrons. The standard InChI is InChI=1S/C14H17NO5S/c1-11(2)5-4-10-19-14(16)15-20-21(17,18)13-8-6-12(3)7-9-13/h4,6-9H,10H2,1-3H3,(H,15,16). The van der Waals surface area contributed by atoms with Gasteiger partial charge in [0.2, 0.25) is 0 Å². The van der Waals surface area contributed by atoms with Gasteiger partial charge in [-0.2, -0.15) is 13.9 Å². The smallest absolute Gasteiger partial charge is 0.432 e. The van der Waals surface area contributed by atoms with Crippen LogP contribution in [0.5, 0.6) is 0 Å². The SMILES string of the molecule is CC(C)=C=CCOC(=O)NOS(=O)(=O)c1ccc(C)cc1. The molecule has 21 heavy (non-hydrogen) atoms. The van der Waals surface area contributed by atoms with Crippen molar-refractivity contribution in [2.45, 2.75) is 25.7 Å². The molecule has 7 heteroatoms. The van der Waals surface area contributed by atoms with Crippen molar-refractivity contribution in [3.63, 3.8) is 0 Å². The van der Waals surface area contributed by atoms with Gasteiger partial charge in [-0.25, -0.2) is 4.79 Å². The average Bonchev–Trinajstić information content (AvgIpc) is 2.42. The molecule has 0 radical (unpaired) electrons. The summed E-state index contributed by atoms with van der Waals surface area (Å²) in [5.41, 5.74) is 6.39. The largest absolute Gasteiger partial charge is 0.443 e. The summed E-state index contributed by atoms with van der Waals surface area (Å²) in [5, 5.41) is 0. The monoisotopic (exact) mass is 311 g/mol. The topological polar surface area (TPSA) is 81.7 Å². The summed E-state index contributed by atoms with van der Waals surface area (Å²) >= 11 is 0. The summed E-state index contributed by atoms with van der Waals surface area (Å²) in [6.07, 6.45) is 0.501. The first-order chi connectivity index (χ1) is 9.81. The molecule has 0 spiro atoms. The van der Waals surface area contributed by atoms with Crippen molar-refractivity contribution < 1.29 is 22.2 Å². The molecule has 1 amide bonds. The molecule has 1 aromatic rings. The molecule has 6 nitrogen and oxygen atoms in total. The number of amides is 1. The number of hydrogen-bond acceptors (Lipinski definition) is 5. The fraction of sp³-hybridized carbons (Fsp3) is 0.286. The third-order valence-corrected chi connectivity index (χ3v) is 3.39. The van der Waals surface area contributed by atoms with Gasteiger partial charge < -0.3 is 4.74 Å². The van der Waals surface area contributed by atoms with Crippen LogP contribution in [0.2, 0.25) is 0 Å². The molecule has 0 saturated heterocycles. The van der Waals surface area contributed by atoms with E-state index in [1.54, 1.807) is 17.6 Å². The molecule has 0 bridgehead atoms. The summed E-state index contributed by atoms with van der Waals surface area (Å²) in [6, 6.07) is 6.02. The Labute approximate surface area is 124 Å². The Kier molecular flexibility index (Phi) is 6.17. The van der Waals surface area contributed by atoms with Gasteiger partial charge in [0.15, 0.2) is 0 Å². The molecule has 0 aliphatic heterocycles. The molecule has 1 rings (SSSR count). The van der Waals surface area contributed by atoms with E-state index in [1.807, 2.05) is 20.8 Å². The maximum atomic E-state index is 11.8. The highest BCUT2D eigenvalue weighted by molar-refractivity contribution is 7.86. The van der Waals surface area contributed by atoms with Gasteiger partial charge in [0.25, 0.3) is 0 Å². The third kappa shape index (κ3) is 6.27. The Morgan fingerprint density at radius 2 is 1.90 bits per heavy atom. The van der Waals surface area contributed by atoms with Crippen molar-refractivity contribution in [3.05, 3.63) is 47.2 Å². The predicted molar refractivity (Wildman–Crippen MR) is 76.9 cm³/mol. The van der Waals surface area contributed by atoms with E-state index in [4.69, 9.17) is 0 Å². The lowest BCUT2D eigenvalue weighted by Gasteiger charge is -2.06. The van der Waals surface area contributed by atoms with E-state index in [0.717, 1.165) is 11.1 Å². The molecule has 0 atom stereocenters. The summed E-state index contributed by atoms with van der Waals surface area (Å²) in [7, 11) is -4.06. The Bertz CT molecular complexity index is 651. The maximum absolute atomic E-state index is 11.8. The van der Waals surface area contributed by atoms with Crippen LogP contribution in [0.25, 0.3) is 0 Å². The van der Waals surface area contributed by atoms with Crippen molar-refractivity contribution in [1.82, 2.24) is 5.48 Å². The highest BCUT2D eigenvalue weighted by Crippen LogP contribution is 2.11. The number of nitrogens with one attached hydrogen (secondary N) is 1. The number of benzene rings is 1. The van der Waals surface area contributed by atoms with Crippen LogP contribution in [0.3, 0.4) is 0 Å². The fourth-order valence-corrected chi connectivity index (χ4v) is 1.98. The lowest BCUT2D eigenvalue weighted by Crippen LogP contribution is -2.28. The Balaban J connectivity index is 2.52. The van der Waals surface area contributed by atoms with E-state index in [9.17, 15) is 13.2 Å². The molecule has 0 aliphatic carbocycles. The van der Waals surface area contributed by atoms with Gasteiger partial charge in [-0.1, -0.05) is 17.7 Å². The van der Waals surface area contributed by atoms with Crippen LogP contribution in [0.15, 0.2) is 46.5 Å². The number of rotatable bonds is 5. The summed E-state index contributed by atoms with van der Waals surface area (Å²) in [6.45, 7) is 5.47. The van der Waals surface area contributed by atoms with Crippen LogP contribution in [0, 0.1) is 6.92 Å². The van der Waals surface area contributed by atoms with Crippen LogP contribution >= 0.6 is 0 Å². The molecule has 0 heterocycles. The molecule has 0 fully saturated rings. The summed E-state index contributed by atoms with van der Waals surface area (Å²) < 4.78 is 32.6. The van der Waals surface area contributed by atoms with E-state index >= 15 is 0 Å². The van der Waals surface area contributed by atoms with E-state index in [1.165, 1.54) is 18.2 Å². The van der Waals surface area contributed by atoms with Gasteiger partial charge in [0.05, 0.1) is 4.90 Å². The molecular weight excluding hydrogens is 294 g/mol. The minimum absolute atomic E-state index is 0.0368. The van der Waals surface area contributed by atoms with Crippen molar-refractivity contribution in [2.24, 2.45) is 0 Å². The van der Waals surface area contributed by atoms with Crippen molar-refractivity contribution >= 4 is 16.2 Å². The van der Waals surface area contributed by atoms with Crippen LogP contribution in [-0.4, -0.2) is 21.1 Å². The molecule has 0 unspecified atom stereocenters. The van der Waals surface area contributed by atoms with Gasteiger partial charge in [-0.3, -0.25) is 0 Å². The van der Waals surface area contributed by atoms with Gasteiger partial charge in [0.1, 0.15) is 6.61 Å². The van der Waals surface area contributed by atoms with Crippen LogP contribution in [-0.2, 0) is 19.1 Å². The number of hydroxylamine groups is 1. The van der Waals surface area contributed by atoms with Gasteiger partial charge in [0, 0.05) is 0 Å². The zero-order chi connectivity index (χ0) is 15.9. The lowest BCUT2D eigenvalue weighted by atomic mass is 10.2. The van der Waals surface area contributed by atoms with Crippen LogP contribution in [0.4, 0.5) is 4.79 Å². The minimum Gasteiger partial charge on any atom is -0.443 e. The molecule has 0 aromatic heterocycles. The average molecular weight is 311 g/mol. The Morgan fingerprint density at radius 1 is 1.29 bits per heavy atom. The summed E-state index contributed by atoms with van der Waals surface area (Å²) in [4.78, 5) is 11.2. The maximum Gasteiger partial charge on any atom is 0.432 e. The number of carbonyl (C=O) groups is 1. The number of aryl methyl sites for hydroxylation is 1. The minimum atomic E-state index is -4.06. The lowest BCUT2D eigenvalue weighted by molar-refractivity contribution is 0.111. The van der Waals surface area contributed by atoms with Crippen molar-refractivity contribution in [2.75, 3.05) is 6.61 Å². The normalized spacial score (nSPS) is 10.4.